The Bertz CT molecular complexity index is 1070. The smallest absolute Gasteiger partial charge is 0.305 e. The van der Waals surface area contributed by atoms with Gasteiger partial charge in [-0.05, 0) is 141 Å². The minimum atomic E-state index is 0.00838. The van der Waals surface area contributed by atoms with Crippen molar-refractivity contribution < 1.29 is 19.1 Å². The summed E-state index contributed by atoms with van der Waals surface area (Å²) in [5.41, 5.74) is 0. The summed E-state index contributed by atoms with van der Waals surface area (Å²) in [7, 11) is 4.09. The molecular weight excluding hydrogens is 817 g/mol. The van der Waals surface area contributed by atoms with Crippen molar-refractivity contribution in [2.45, 2.75) is 232 Å². The Morgan fingerprint density at radius 1 is 0.492 bits per heavy atom. The Kier molecular flexibility index (Phi) is 41.7. The largest absolute Gasteiger partial charge is 0.466 e. The van der Waals surface area contributed by atoms with E-state index in [0.29, 0.717) is 32.0 Å². The molecule has 368 valence electrons. The van der Waals surface area contributed by atoms with Crippen LogP contribution in [0.3, 0.4) is 0 Å². The second-order valence-electron chi connectivity index (χ2n) is 19.3. The first-order valence-corrected chi connectivity index (χ1v) is 29.8. The predicted octanol–water partition coefficient (Wildman–Crippen LogP) is 15.8. The molecule has 0 saturated carbocycles. The number of esters is 1. The molecule has 0 bridgehead atoms. The van der Waals surface area contributed by atoms with Crippen molar-refractivity contribution in [3.8, 4) is 0 Å². The first-order valence-electron chi connectivity index (χ1n) is 27.3. The van der Waals surface area contributed by atoms with Crippen molar-refractivity contribution in [3.63, 3.8) is 0 Å². The molecule has 0 unspecified atom stereocenters. The van der Waals surface area contributed by atoms with Crippen molar-refractivity contribution in [3.05, 3.63) is 24.3 Å². The molecule has 0 atom stereocenters. The molecule has 6 nitrogen and oxygen atoms in total. The van der Waals surface area contributed by atoms with Gasteiger partial charge in [0.25, 0.3) is 0 Å². The average Bonchev–Trinajstić information content (AvgIpc) is 3.30. The number of allylic oxidation sites excluding steroid dienone is 4. The number of likely N-dealkylation sites (tertiary alicyclic amines) is 2. The van der Waals surface area contributed by atoms with Gasteiger partial charge in [0.1, 0.15) is 6.61 Å². The van der Waals surface area contributed by atoms with E-state index >= 15 is 0 Å². The van der Waals surface area contributed by atoms with Crippen LogP contribution in [0, 0.1) is 11.8 Å². The highest BCUT2D eigenvalue weighted by Crippen LogP contribution is 2.26. The van der Waals surface area contributed by atoms with Crippen LogP contribution in [0.25, 0.3) is 0 Å². The molecule has 0 aromatic rings. The highest BCUT2D eigenvalue weighted by Gasteiger charge is 2.21. The van der Waals surface area contributed by atoms with Gasteiger partial charge in [0.05, 0.1) is 6.61 Å². The van der Waals surface area contributed by atoms with Gasteiger partial charge in [-0.1, -0.05) is 162 Å². The molecule has 0 aromatic heterocycles. The lowest BCUT2D eigenvalue weighted by Crippen LogP contribution is -2.36. The first kappa shape index (κ1) is 58.3. The van der Waals surface area contributed by atoms with E-state index in [4.69, 9.17) is 9.47 Å². The van der Waals surface area contributed by atoms with Gasteiger partial charge in [0.2, 0.25) is 0 Å². The minimum absolute atomic E-state index is 0.00838. The molecule has 0 aliphatic carbocycles. The summed E-state index contributed by atoms with van der Waals surface area (Å²) in [6.07, 6.45) is 51.3. The number of rotatable bonds is 45. The lowest BCUT2D eigenvalue weighted by molar-refractivity contribution is -0.144. The van der Waals surface area contributed by atoms with E-state index in [1.54, 1.807) is 0 Å². The summed E-state index contributed by atoms with van der Waals surface area (Å²) in [5.74, 6) is 4.14. The lowest BCUT2D eigenvalue weighted by Gasteiger charge is -2.32. The fourth-order valence-electron chi connectivity index (χ4n) is 9.10. The molecule has 63 heavy (non-hydrogen) atoms. The zero-order chi connectivity index (χ0) is 44.9. The Morgan fingerprint density at radius 2 is 0.873 bits per heavy atom. The molecule has 2 aliphatic rings. The number of carbonyl (C=O) groups is 2. The fourth-order valence-corrected chi connectivity index (χ4v) is 11.2. The van der Waals surface area contributed by atoms with Crippen molar-refractivity contribution in [2.75, 3.05) is 70.6 Å². The van der Waals surface area contributed by atoms with Crippen LogP contribution in [0.2, 0.25) is 0 Å². The molecule has 2 saturated heterocycles. The van der Waals surface area contributed by atoms with Crippen LogP contribution in [0.4, 0.5) is 0 Å². The predicted molar refractivity (Wildman–Crippen MR) is 278 cm³/mol. The van der Waals surface area contributed by atoms with Crippen molar-refractivity contribution in [2.24, 2.45) is 11.8 Å². The van der Waals surface area contributed by atoms with Gasteiger partial charge in [-0.25, -0.2) is 0 Å². The van der Waals surface area contributed by atoms with Crippen LogP contribution >= 0.6 is 21.6 Å². The van der Waals surface area contributed by atoms with Gasteiger partial charge in [0.15, 0.2) is 5.78 Å². The normalized spacial score (nSPS) is 16.0. The Labute approximate surface area is 399 Å². The monoisotopic (exact) mass is 919 g/mol. The number of unbranched alkanes of at least 4 members (excludes halogenated alkanes) is 22. The molecule has 2 heterocycles. The number of Topliss-reactive ketones (excluding diaryl/α,β-unsaturated/α-hetero) is 1. The molecule has 0 radical (unpaired) electrons. The number of ether oxygens (including phenoxy) is 2. The van der Waals surface area contributed by atoms with Gasteiger partial charge >= 0.3 is 5.97 Å². The van der Waals surface area contributed by atoms with Crippen LogP contribution in [-0.2, 0) is 19.1 Å². The number of ketones is 1. The molecule has 0 N–H and O–H groups in total. The van der Waals surface area contributed by atoms with E-state index in [0.717, 1.165) is 44.6 Å². The van der Waals surface area contributed by atoms with Gasteiger partial charge < -0.3 is 19.3 Å². The summed E-state index contributed by atoms with van der Waals surface area (Å²) >= 11 is 0. The van der Waals surface area contributed by atoms with Crippen molar-refractivity contribution in [1.82, 2.24) is 9.80 Å². The third-order valence-corrected chi connectivity index (χ3v) is 15.9. The van der Waals surface area contributed by atoms with Gasteiger partial charge in [0, 0.05) is 44.0 Å². The number of carbonyl (C=O) groups excluding carboxylic acids is 2. The number of nitrogens with zero attached hydrogens (tertiary/aromatic N) is 2. The van der Waals surface area contributed by atoms with Crippen LogP contribution in [0.1, 0.15) is 232 Å². The van der Waals surface area contributed by atoms with Crippen LogP contribution < -0.4 is 0 Å². The van der Waals surface area contributed by atoms with E-state index in [9.17, 15) is 9.59 Å². The fraction of sp³-hybridized carbons (Fsp3) is 0.891. The number of hydrogen-bond donors (Lipinski definition) is 0. The Morgan fingerprint density at radius 3 is 1.32 bits per heavy atom. The third kappa shape index (κ3) is 37.9. The van der Waals surface area contributed by atoms with E-state index < -0.39 is 0 Å². The van der Waals surface area contributed by atoms with Crippen molar-refractivity contribution in [1.29, 1.82) is 0 Å². The maximum Gasteiger partial charge on any atom is 0.305 e. The summed E-state index contributed by atoms with van der Waals surface area (Å²) in [4.78, 5) is 29.8. The van der Waals surface area contributed by atoms with E-state index in [1.807, 2.05) is 21.6 Å². The van der Waals surface area contributed by atoms with Crippen LogP contribution in [-0.4, -0.2) is 92.1 Å². The quantitative estimate of drug-likeness (QED) is 0.0259. The van der Waals surface area contributed by atoms with E-state index in [2.05, 4.69) is 48.0 Å². The number of piperidine rings is 2. The second-order valence-corrected chi connectivity index (χ2v) is 22.0. The number of hydrogen-bond acceptors (Lipinski definition) is 8. The van der Waals surface area contributed by atoms with E-state index in [1.165, 1.54) is 224 Å². The summed E-state index contributed by atoms with van der Waals surface area (Å²) in [6, 6.07) is 0. The summed E-state index contributed by atoms with van der Waals surface area (Å²) in [6.45, 7) is 13.4. The molecule has 2 rings (SSSR count). The maximum absolute atomic E-state index is 12.3. The standard InChI is InChI=1S/C55H102N2O4S2/c1-3-5-7-9-11-13-15-17-19-21-23-25-27-29-31-33-54(58)51-60-47-39-52-35-41-56(42-36-52)45-49-62-63-50-46-57-43-37-53(38-44-57)40-48-61-55(59)34-32-30-28-26-24-22-20-18-16-14-12-10-8-6-4-2/h17-20,52-53H,3-16,21-51H2,1-2H3/b19-17-,20-18-. The SMILES string of the molecule is CCCCCCCC/C=C\CCCCCCCC(=O)COCCC1CCN(CCSSCCN2CCC(CCOC(=O)CCCCCCC/C=C\CCCCCCCC)CC2)CC1. The third-order valence-electron chi connectivity index (χ3n) is 13.6. The second kappa shape index (κ2) is 45.0. The maximum atomic E-state index is 12.3. The highest BCUT2D eigenvalue weighted by molar-refractivity contribution is 8.76. The van der Waals surface area contributed by atoms with Gasteiger partial charge in [-0.2, -0.15) is 0 Å². The van der Waals surface area contributed by atoms with Crippen LogP contribution in [0.15, 0.2) is 24.3 Å². The molecule has 0 aromatic carbocycles. The average molecular weight is 920 g/mol. The molecule has 2 aliphatic heterocycles. The highest BCUT2D eigenvalue weighted by atomic mass is 33.1. The lowest BCUT2D eigenvalue weighted by atomic mass is 9.94. The Balaban J connectivity index is 1.28. The zero-order valence-corrected chi connectivity index (χ0v) is 43.3. The molecule has 8 heteroatoms. The Hall–Kier alpha value is -0.800. The molecule has 0 spiro atoms. The minimum Gasteiger partial charge on any atom is -0.466 e. The van der Waals surface area contributed by atoms with Crippen molar-refractivity contribution >= 4 is 33.3 Å². The van der Waals surface area contributed by atoms with Crippen LogP contribution in [0.5, 0.6) is 0 Å². The van der Waals surface area contributed by atoms with Gasteiger partial charge in [-0.3, -0.25) is 9.59 Å². The molecule has 2 fully saturated rings. The van der Waals surface area contributed by atoms with Gasteiger partial charge in [-0.15, -0.1) is 0 Å². The molecular formula is C55H102N2O4S2. The molecule has 0 amide bonds. The summed E-state index contributed by atoms with van der Waals surface area (Å²) < 4.78 is 11.4. The topological polar surface area (TPSA) is 59.1 Å². The zero-order valence-electron chi connectivity index (χ0n) is 41.6. The van der Waals surface area contributed by atoms with E-state index in [-0.39, 0.29) is 11.8 Å². The summed E-state index contributed by atoms with van der Waals surface area (Å²) in [5, 5.41) is 0. The first-order chi connectivity index (χ1) is 31.1.